The number of aryl methyl sites for hydroxylation is 1. The minimum Gasteiger partial charge on any atom is -0.371 e. The van der Waals surface area contributed by atoms with Crippen LogP contribution in [0.5, 0.6) is 0 Å². The Hall–Kier alpha value is -4.09. The zero-order chi connectivity index (χ0) is 26.5. The fourth-order valence-electron chi connectivity index (χ4n) is 5.56. The fraction of sp³-hybridized carbons (Fsp3) is 0.367. The van der Waals surface area contributed by atoms with Crippen molar-refractivity contribution >= 4 is 12.1 Å². The molecule has 38 heavy (non-hydrogen) atoms. The van der Waals surface area contributed by atoms with E-state index in [9.17, 15) is 14.9 Å². The number of fused-ring (bicyclic) bond motifs is 1. The van der Waals surface area contributed by atoms with Gasteiger partial charge in [0.05, 0.1) is 23.4 Å². The van der Waals surface area contributed by atoms with E-state index >= 15 is 0 Å². The Morgan fingerprint density at radius 3 is 2.58 bits per heavy atom. The Labute approximate surface area is 221 Å². The first kappa shape index (κ1) is 25.6. The van der Waals surface area contributed by atoms with Crippen molar-refractivity contribution in [3.05, 3.63) is 87.6 Å². The molecule has 0 radical (unpaired) electrons. The second-order valence-corrected chi connectivity index (χ2v) is 9.78. The van der Waals surface area contributed by atoms with Crippen molar-refractivity contribution in [2.24, 2.45) is 0 Å². The maximum atomic E-state index is 14.1. The summed E-state index contributed by atoms with van der Waals surface area (Å²) in [6, 6.07) is 17.9. The number of hydrogen-bond donors (Lipinski definition) is 0. The van der Waals surface area contributed by atoms with Crippen LogP contribution >= 0.6 is 0 Å². The van der Waals surface area contributed by atoms with E-state index in [-0.39, 0.29) is 24.3 Å². The van der Waals surface area contributed by atoms with E-state index in [4.69, 9.17) is 4.74 Å². The van der Waals surface area contributed by atoms with Gasteiger partial charge < -0.3 is 9.53 Å². The normalized spacial score (nSPS) is 17.4. The lowest BCUT2D eigenvalue weighted by molar-refractivity contribution is -0.114. The highest BCUT2D eigenvalue weighted by Gasteiger charge is 2.28. The molecule has 0 unspecified atom stereocenters. The maximum Gasteiger partial charge on any atom is 0.259 e. The molecular weight excluding hydrogens is 478 g/mol. The zero-order valence-electron chi connectivity index (χ0n) is 21.5. The molecule has 8 heteroatoms. The van der Waals surface area contributed by atoms with E-state index in [0.717, 1.165) is 72.8 Å². The van der Waals surface area contributed by atoms with E-state index in [1.807, 2.05) is 57.6 Å². The number of carbonyl (C=O) groups excluding carboxylic acids is 1. The molecular formula is C30H31N5O3. The maximum absolute atomic E-state index is 14.1. The third kappa shape index (κ3) is 5.02. The number of rotatable bonds is 9. The van der Waals surface area contributed by atoms with Crippen LogP contribution in [-0.2, 0) is 22.4 Å². The molecule has 0 saturated heterocycles. The topological polar surface area (TPSA) is 102 Å². The molecule has 1 saturated carbocycles. The van der Waals surface area contributed by atoms with E-state index in [1.165, 1.54) is 6.33 Å². The summed E-state index contributed by atoms with van der Waals surface area (Å²) in [4.78, 5) is 29.2. The first-order valence-corrected chi connectivity index (χ1v) is 13.2. The first-order chi connectivity index (χ1) is 18.6. The average Bonchev–Trinajstić information content (AvgIpc) is 3.44. The van der Waals surface area contributed by atoms with Gasteiger partial charge in [0.15, 0.2) is 0 Å². The Morgan fingerprint density at radius 1 is 1.11 bits per heavy atom. The molecule has 2 aromatic heterocycles. The molecule has 0 aliphatic heterocycles. The minimum atomic E-state index is -0.00916. The Balaban J connectivity index is 1.49. The molecule has 5 rings (SSSR count). The number of nitrogens with zero attached hydrogens (tertiary/aromatic N) is 5. The average molecular weight is 510 g/mol. The quantitative estimate of drug-likeness (QED) is 0.304. The number of hydrogen-bond acceptors (Lipinski definition) is 6. The van der Waals surface area contributed by atoms with Gasteiger partial charge in [-0.05, 0) is 54.9 Å². The summed E-state index contributed by atoms with van der Waals surface area (Å²) in [6.45, 7) is 2.21. The third-order valence-electron chi connectivity index (χ3n) is 7.42. The second-order valence-electron chi connectivity index (χ2n) is 9.78. The van der Waals surface area contributed by atoms with Crippen LogP contribution in [0.1, 0.15) is 67.5 Å². The predicted molar refractivity (Wildman–Crippen MR) is 144 cm³/mol. The molecule has 0 atom stereocenters. The predicted octanol–water partition coefficient (Wildman–Crippen LogP) is 4.67. The monoisotopic (exact) mass is 509 g/mol. The zero-order valence-corrected chi connectivity index (χ0v) is 21.5. The lowest BCUT2D eigenvalue weighted by Gasteiger charge is -2.30. The van der Waals surface area contributed by atoms with Crippen LogP contribution < -0.4 is 5.56 Å². The van der Waals surface area contributed by atoms with Crippen molar-refractivity contribution in [1.29, 1.82) is 5.26 Å². The third-order valence-corrected chi connectivity index (χ3v) is 7.42. The molecule has 2 heterocycles. The Bertz CT molecular complexity index is 1520. The number of aldehydes is 1. The van der Waals surface area contributed by atoms with Gasteiger partial charge in [0, 0.05) is 18.0 Å². The van der Waals surface area contributed by atoms with E-state index in [2.05, 4.69) is 23.1 Å². The molecule has 0 spiro atoms. The molecule has 0 amide bonds. The van der Waals surface area contributed by atoms with Crippen molar-refractivity contribution < 1.29 is 9.53 Å². The van der Waals surface area contributed by atoms with Crippen LogP contribution in [0.3, 0.4) is 0 Å². The number of ether oxygens (including phenoxy) is 1. The van der Waals surface area contributed by atoms with Crippen LogP contribution in [0, 0.1) is 11.3 Å². The van der Waals surface area contributed by atoms with Gasteiger partial charge in [-0.1, -0.05) is 55.8 Å². The molecule has 194 valence electrons. The van der Waals surface area contributed by atoms with Gasteiger partial charge in [0.2, 0.25) is 5.78 Å². The number of aromatic nitrogens is 4. The number of benzene rings is 2. The summed E-state index contributed by atoms with van der Waals surface area (Å²) >= 11 is 0. The molecule has 2 aromatic carbocycles. The molecule has 1 fully saturated rings. The Kier molecular flexibility index (Phi) is 7.75. The molecule has 8 nitrogen and oxygen atoms in total. The van der Waals surface area contributed by atoms with E-state index < -0.39 is 0 Å². The van der Waals surface area contributed by atoms with Gasteiger partial charge in [-0.2, -0.15) is 15.3 Å². The highest BCUT2D eigenvalue weighted by Crippen LogP contribution is 2.31. The Morgan fingerprint density at radius 2 is 1.87 bits per heavy atom. The number of carbonyl (C=O) groups is 1. The SMILES string of the molecule is CCCc1c(Cc2ccc(-c3ccccc3C#N)cc2)c(=O)n([C@H]2CC[C@H](OCC=O)CC2)c2ncnn12. The largest absolute Gasteiger partial charge is 0.371 e. The summed E-state index contributed by atoms with van der Waals surface area (Å²) in [6.07, 6.45) is 7.60. The molecule has 0 bridgehead atoms. The van der Waals surface area contributed by atoms with Crippen molar-refractivity contribution in [2.75, 3.05) is 6.61 Å². The van der Waals surface area contributed by atoms with Crippen molar-refractivity contribution in [1.82, 2.24) is 19.2 Å². The summed E-state index contributed by atoms with van der Waals surface area (Å²) in [5.41, 5.74) is 5.17. The summed E-state index contributed by atoms with van der Waals surface area (Å²) in [7, 11) is 0. The van der Waals surface area contributed by atoms with E-state index in [0.29, 0.717) is 17.8 Å². The first-order valence-electron chi connectivity index (χ1n) is 13.2. The summed E-state index contributed by atoms with van der Waals surface area (Å²) < 4.78 is 9.29. The highest BCUT2D eigenvalue weighted by molar-refractivity contribution is 5.70. The standard InChI is InChI=1S/C30H31N5O3/c1-2-5-28-27(18-21-8-10-22(11-9-21)26-7-4-3-6-23(26)19-31)29(37)34(30-32-20-33-35(28)30)24-12-14-25(15-13-24)38-17-16-36/h3-4,6-11,16,20,24-25H,2,5,12-15,17-18H2,1H3/t24-,25-. The van der Waals surface area contributed by atoms with Crippen LogP contribution in [-0.4, -0.2) is 38.2 Å². The van der Waals surface area contributed by atoms with Crippen molar-refractivity contribution in [3.63, 3.8) is 0 Å². The molecule has 1 aliphatic rings. The molecule has 1 aliphatic carbocycles. The minimum absolute atomic E-state index is 0.00423. The van der Waals surface area contributed by atoms with Gasteiger partial charge in [-0.3, -0.25) is 9.36 Å². The molecule has 0 N–H and O–H groups in total. The van der Waals surface area contributed by atoms with Gasteiger partial charge in [-0.15, -0.1) is 0 Å². The van der Waals surface area contributed by atoms with Crippen LogP contribution in [0.15, 0.2) is 59.7 Å². The van der Waals surface area contributed by atoms with E-state index in [1.54, 1.807) is 0 Å². The van der Waals surface area contributed by atoms with Gasteiger partial charge in [-0.25, -0.2) is 4.52 Å². The highest BCUT2D eigenvalue weighted by atomic mass is 16.5. The van der Waals surface area contributed by atoms with Crippen LogP contribution in [0.2, 0.25) is 0 Å². The smallest absolute Gasteiger partial charge is 0.259 e. The molecule has 4 aromatic rings. The van der Waals surface area contributed by atoms with Crippen molar-refractivity contribution in [3.8, 4) is 17.2 Å². The second kappa shape index (κ2) is 11.5. The van der Waals surface area contributed by atoms with Crippen LogP contribution in [0.25, 0.3) is 16.9 Å². The fourth-order valence-corrected chi connectivity index (χ4v) is 5.56. The van der Waals surface area contributed by atoms with Gasteiger partial charge in [0.25, 0.3) is 5.56 Å². The summed E-state index contributed by atoms with van der Waals surface area (Å²) in [5.74, 6) is 0.586. The van der Waals surface area contributed by atoms with Gasteiger partial charge >= 0.3 is 0 Å². The van der Waals surface area contributed by atoms with Crippen LogP contribution in [0.4, 0.5) is 0 Å². The van der Waals surface area contributed by atoms with Gasteiger partial charge in [0.1, 0.15) is 19.2 Å². The number of nitriles is 1. The summed E-state index contributed by atoms with van der Waals surface area (Å²) in [5, 5.41) is 14.0. The van der Waals surface area contributed by atoms with Crippen molar-refractivity contribution in [2.45, 2.75) is 64.0 Å². The lowest BCUT2D eigenvalue weighted by atomic mass is 9.92. The lowest BCUT2D eigenvalue weighted by Crippen LogP contribution is -2.35.